The lowest BCUT2D eigenvalue weighted by atomic mass is 10.2. The van der Waals surface area contributed by atoms with Crippen LogP contribution in [0.3, 0.4) is 0 Å². The third-order valence-corrected chi connectivity index (χ3v) is 5.74. The van der Waals surface area contributed by atoms with Gasteiger partial charge in [0.1, 0.15) is 12.4 Å². The monoisotopic (exact) mass is 430 g/mol. The highest BCUT2D eigenvalue weighted by Gasteiger charge is 2.23. The lowest BCUT2D eigenvalue weighted by Gasteiger charge is -2.22. The van der Waals surface area contributed by atoms with E-state index in [4.69, 9.17) is 4.74 Å². The van der Waals surface area contributed by atoms with Crippen LogP contribution in [0.4, 0.5) is 21.9 Å². The average Bonchev–Trinajstić information content (AvgIpc) is 3.31. The number of urea groups is 1. The molecule has 2 N–H and O–H groups in total. The second-order valence-electron chi connectivity index (χ2n) is 8.28. The molecule has 166 valence electrons. The summed E-state index contributed by atoms with van der Waals surface area (Å²) in [7, 11) is 4.26. The molecule has 0 aliphatic carbocycles. The van der Waals surface area contributed by atoms with Crippen molar-refractivity contribution in [2.45, 2.75) is 19.1 Å². The van der Waals surface area contributed by atoms with Gasteiger partial charge in [0, 0.05) is 36.2 Å². The molecule has 1 fully saturated rings. The number of benzene rings is 3. The number of ether oxygens (including phenoxy) is 1. The summed E-state index contributed by atoms with van der Waals surface area (Å²) < 4.78 is 5.79. The van der Waals surface area contributed by atoms with Crippen LogP contribution in [-0.4, -0.2) is 44.2 Å². The smallest absolute Gasteiger partial charge is 0.323 e. The molecule has 0 aromatic heterocycles. The van der Waals surface area contributed by atoms with Gasteiger partial charge in [-0.15, -0.1) is 0 Å². The zero-order valence-corrected chi connectivity index (χ0v) is 18.6. The molecule has 0 bridgehead atoms. The fourth-order valence-electron chi connectivity index (χ4n) is 3.82. The first-order chi connectivity index (χ1) is 15.6. The summed E-state index contributed by atoms with van der Waals surface area (Å²) in [6.45, 7) is 2.60. The van der Waals surface area contributed by atoms with Crippen LogP contribution in [0.15, 0.2) is 78.9 Å². The predicted octanol–water partition coefficient (Wildman–Crippen LogP) is 5.05. The number of anilines is 3. The van der Waals surface area contributed by atoms with Crippen LogP contribution < -0.4 is 20.3 Å². The topological polar surface area (TPSA) is 56.8 Å². The second-order valence-corrected chi connectivity index (χ2v) is 8.28. The third kappa shape index (κ3) is 5.80. The molecule has 1 atom stereocenters. The van der Waals surface area contributed by atoms with Gasteiger partial charge in [-0.25, -0.2) is 4.79 Å². The lowest BCUT2D eigenvalue weighted by Crippen LogP contribution is -2.31. The van der Waals surface area contributed by atoms with Crippen molar-refractivity contribution in [2.24, 2.45) is 0 Å². The molecular formula is C26H30N4O2. The predicted molar refractivity (Wildman–Crippen MR) is 131 cm³/mol. The van der Waals surface area contributed by atoms with Gasteiger partial charge >= 0.3 is 6.03 Å². The number of nitrogens with one attached hydrogen (secondary N) is 2. The molecule has 1 saturated heterocycles. The molecule has 1 aliphatic heterocycles. The minimum absolute atomic E-state index is 0.274. The quantitative estimate of drug-likeness (QED) is 0.551. The number of likely N-dealkylation sites (N-methyl/N-ethyl adjacent to an activating group) is 1. The van der Waals surface area contributed by atoms with Crippen molar-refractivity contribution >= 4 is 23.1 Å². The van der Waals surface area contributed by atoms with E-state index in [2.05, 4.69) is 46.7 Å². The number of rotatable bonds is 7. The van der Waals surface area contributed by atoms with E-state index in [1.165, 1.54) is 12.1 Å². The number of nitrogens with zero attached hydrogens (tertiary/aromatic N) is 2. The molecule has 32 heavy (non-hydrogen) atoms. The summed E-state index contributed by atoms with van der Waals surface area (Å²) in [6.07, 6.45) is 1.17. The summed E-state index contributed by atoms with van der Waals surface area (Å²) >= 11 is 0. The minimum atomic E-state index is -0.274. The lowest BCUT2D eigenvalue weighted by molar-refractivity contribution is 0.262. The number of carbonyl (C=O) groups excluding carboxylic acids is 1. The molecule has 3 aromatic rings. The zero-order chi connectivity index (χ0) is 22.3. The van der Waals surface area contributed by atoms with Crippen LogP contribution >= 0.6 is 0 Å². The van der Waals surface area contributed by atoms with Gasteiger partial charge in [-0.2, -0.15) is 0 Å². The molecule has 6 heteroatoms. The molecule has 1 heterocycles. The van der Waals surface area contributed by atoms with E-state index < -0.39 is 0 Å². The van der Waals surface area contributed by atoms with Crippen molar-refractivity contribution < 1.29 is 9.53 Å². The Balaban J connectivity index is 1.25. The van der Waals surface area contributed by atoms with Gasteiger partial charge in [-0.1, -0.05) is 30.3 Å². The van der Waals surface area contributed by atoms with E-state index in [9.17, 15) is 4.79 Å². The standard InChI is InChI=1S/C26H30N4O2/c1-29(2)24-16-17-30(18-24)23-12-8-21(9-13-23)27-26(31)28-22-10-14-25(15-11-22)32-19-20-6-4-3-5-7-20/h3-15,24H,16-19H2,1-2H3,(H2,27,28,31). The van der Waals surface area contributed by atoms with E-state index in [1.54, 1.807) is 0 Å². The Kier molecular flexibility index (Phi) is 6.92. The maximum Gasteiger partial charge on any atom is 0.323 e. The summed E-state index contributed by atoms with van der Waals surface area (Å²) in [4.78, 5) is 17.0. The second kappa shape index (κ2) is 10.2. The Hall–Kier alpha value is -3.51. The van der Waals surface area contributed by atoms with E-state index >= 15 is 0 Å². The minimum Gasteiger partial charge on any atom is -0.489 e. The summed E-state index contributed by atoms with van der Waals surface area (Å²) in [5.41, 5.74) is 3.77. The van der Waals surface area contributed by atoms with Crippen molar-refractivity contribution in [1.29, 1.82) is 0 Å². The summed E-state index contributed by atoms with van der Waals surface area (Å²) in [5, 5.41) is 5.75. The Labute approximate surface area is 189 Å². The van der Waals surface area contributed by atoms with Gasteiger partial charge in [0.25, 0.3) is 0 Å². The first-order valence-electron chi connectivity index (χ1n) is 10.9. The summed E-state index contributed by atoms with van der Waals surface area (Å²) in [6, 6.07) is 25.7. The maximum absolute atomic E-state index is 12.4. The Bertz CT molecular complexity index is 1000. The molecule has 0 saturated carbocycles. The number of hydrogen-bond donors (Lipinski definition) is 2. The van der Waals surface area contributed by atoms with Gasteiger partial charge in [0.15, 0.2) is 0 Å². The molecule has 6 nitrogen and oxygen atoms in total. The van der Waals surface area contributed by atoms with Crippen molar-refractivity contribution in [2.75, 3.05) is 42.7 Å². The average molecular weight is 431 g/mol. The maximum atomic E-state index is 12.4. The van der Waals surface area contributed by atoms with E-state index in [0.29, 0.717) is 18.3 Å². The van der Waals surface area contributed by atoms with Crippen LogP contribution in [0.2, 0.25) is 0 Å². The number of hydrogen-bond acceptors (Lipinski definition) is 4. The van der Waals surface area contributed by atoms with Crippen molar-refractivity contribution in [3.63, 3.8) is 0 Å². The third-order valence-electron chi connectivity index (χ3n) is 5.74. The van der Waals surface area contributed by atoms with Crippen molar-refractivity contribution in [3.05, 3.63) is 84.4 Å². The molecular weight excluding hydrogens is 400 g/mol. The Morgan fingerprint density at radius 2 is 1.56 bits per heavy atom. The zero-order valence-electron chi connectivity index (χ0n) is 18.6. The van der Waals surface area contributed by atoms with Crippen LogP contribution in [0.5, 0.6) is 5.75 Å². The van der Waals surface area contributed by atoms with Crippen LogP contribution in [0, 0.1) is 0 Å². The van der Waals surface area contributed by atoms with Gasteiger partial charge in [-0.3, -0.25) is 0 Å². The van der Waals surface area contributed by atoms with Gasteiger partial charge in [-0.05, 0) is 74.6 Å². The molecule has 1 aliphatic rings. The first kappa shape index (κ1) is 21.7. The molecule has 4 rings (SSSR count). The fourth-order valence-corrected chi connectivity index (χ4v) is 3.82. The molecule has 3 aromatic carbocycles. The van der Waals surface area contributed by atoms with E-state index in [0.717, 1.165) is 30.1 Å². The highest BCUT2D eigenvalue weighted by Crippen LogP contribution is 2.24. The molecule has 0 spiro atoms. The summed E-state index contributed by atoms with van der Waals surface area (Å²) in [5.74, 6) is 0.758. The fraction of sp³-hybridized carbons (Fsp3) is 0.269. The molecule has 0 radical (unpaired) electrons. The normalized spacial score (nSPS) is 15.6. The van der Waals surface area contributed by atoms with Crippen LogP contribution in [0.25, 0.3) is 0 Å². The van der Waals surface area contributed by atoms with Crippen LogP contribution in [-0.2, 0) is 6.61 Å². The first-order valence-corrected chi connectivity index (χ1v) is 10.9. The van der Waals surface area contributed by atoms with Crippen molar-refractivity contribution in [1.82, 2.24) is 4.90 Å². The van der Waals surface area contributed by atoms with E-state index in [1.807, 2.05) is 66.7 Å². The molecule has 1 unspecified atom stereocenters. The van der Waals surface area contributed by atoms with Gasteiger partial charge in [0.2, 0.25) is 0 Å². The van der Waals surface area contributed by atoms with Crippen molar-refractivity contribution in [3.8, 4) is 5.75 Å². The highest BCUT2D eigenvalue weighted by atomic mass is 16.5. The highest BCUT2D eigenvalue weighted by molar-refractivity contribution is 5.99. The Morgan fingerprint density at radius 3 is 2.16 bits per heavy atom. The number of carbonyl (C=O) groups is 1. The van der Waals surface area contributed by atoms with Crippen LogP contribution in [0.1, 0.15) is 12.0 Å². The Morgan fingerprint density at radius 1 is 0.938 bits per heavy atom. The van der Waals surface area contributed by atoms with Gasteiger partial charge < -0.3 is 25.2 Å². The SMILES string of the molecule is CN(C)C1CCN(c2ccc(NC(=O)Nc3ccc(OCc4ccccc4)cc3)cc2)C1. The largest absolute Gasteiger partial charge is 0.489 e. The van der Waals surface area contributed by atoms with Gasteiger partial charge in [0.05, 0.1) is 0 Å². The molecule has 2 amide bonds. The number of amides is 2. The van der Waals surface area contributed by atoms with E-state index in [-0.39, 0.29) is 6.03 Å².